The summed E-state index contributed by atoms with van der Waals surface area (Å²) in [7, 11) is 0. The molecule has 0 rings (SSSR count). The molecular formula is C10H20O12Zn. The first-order valence-electron chi connectivity index (χ1n) is 5.76. The minimum absolute atomic E-state index is 0. The van der Waals surface area contributed by atoms with Crippen molar-refractivity contribution in [3.63, 3.8) is 0 Å². The van der Waals surface area contributed by atoms with Crippen molar-refractivity contribution < 1.29 is 80.1 Å². The van der Waals surface area contributed by atoms with Crippen LogP contribution >= 0.6 is 0 Å². The van der Waals surface area contributed by atoms with Gasteiger partial charge in [0.2, 0.25) is 0 Å². The molecule has 0 aromatic carbocycles. The summed E-state index contributed by atoms with van der Waals surface area (Å²) in [5, 5.41) is 84.5. The molecule has 0 fully saturated rings. The molecule has 0 saturated carbocycles. The van der Waals surface area contributed by atoms with Gasteiger partial charge in [-0.25, -0.2) is 9.59 Å². The molecule has 10 N–H and O–H groups in total. The normalized spacial score (nSPS) is 18.1. The molecule has 0 bridgehead atoms. The number of hydrogen-bond acceptors (Lipinski definition) is 10. The second-order valence-electron chi connectivity index (χ2n) is 4.05. The van der Waals surface area contributed by atoms with Gasteiger partial charge in [-0.15, -0.1) is 0 Å². The van der Waals surface area contributed by atoms with Gasteiger partial charge in [-0.1, -0.05) is 0 Å². The zero-order valence-corrected chi connectivity index (χ0v) is 14.8. The maximum absolute atomic E-state index is 9.96. The molecule has 0 aliphatic rings. The van der Waals surface area contributed by atoms with Crippen molar-refractivity contribution >= 4 is 11.9 Å². The summed E-state index contributed by atoms with van der Waals surface area (Å²) >= 11 is 0. The van der Waals surface area contributed by atoms with Crippen LogP contribution in [0, 0.1) is 0 Å². The monoisotopic (exact) mass is 396 g/mol. The molecule has 0 amide bonds. The number of carbonyl (C=O) groups is 2. The van der Waals surface area contributed by atoms with Crippen LogP contribution in [0.5, 0.6) is 0 Å². The number of hydrogen-bond donors (Lipinski definition) is 10. The first-order chi connectivity index (χ1) is 10.0. The molecule has 0 aliphatic carbocycles. The number of aliphatic carboxylic acids is 2. The summed E-state index contributed by atoms with van der Waals surface area (Å²) in [5.41, 5.74) is 0. The third-order valence-electron chi connectivity index (χ3n) is 2.32. The van der Waals surface area contributed by atoms with Gasteiger partial charge in [0.1, 0.15) is 24.4 Å². The Morgan fingerprint density at radius 2 is 0.870 bits per heavy atom. The van der Waals surface area contributed by atoms with Crippen molar-refractivity contribution in [3.05, 3.63) is 0 Å². The summed E-state index contributed by atoms with van der Waals surface area (Å²) in [6.07, 6.45) is -11.1. The maximum atomic E-state index is 9.96. The molecule has 13 heteroatoms. The van der Waals surface area contributed by atoms with Gasteiger partial charge >= 0.3 is 11.9 Å². The Kier molecular flexibility index (Phi) is 16.1. The van der Waals surface area contributed by atoms with Crippen LogP contribution in [0.15, 0.2) is 0 Å². The predicted octanol–water partition coefficient (Wildman–Crippen LogP) is -5.71. The summed E-state index contributed by atoms with van der Waals surface area (Å²) in [6.45, 7) is -1.60. The molecule has 12 nitrogen and oxygen atoms in total. The van der Waals surface area contributed by atoms with E-state index in [1.807, 2.05) is 0 Å². The fourth-order valence-corrected chi connectivity index (χ4v) is 0.929. The van der Waals surface area contributed by atoms with Crippen molar-refractivity contribution in [1.82, 2.24) is 0 Å². The Morgan fingerprint density at radius 3 is 1.00 bits per heavy atom. The maximum Gasteiger partial charge on any atom is 0.335 e. The molecular weight excluding hydrogens is 377 g/mol. The van der Waals surface area contributed by atoms with Gasteiger partial charge in [0.25, 0.3) is 0 Å². The van der Waals surface area contributed by atoms with E-state index in [1.165, 1.54) is 0 Å². The van der Waals surface area contributed by atoms with Crippen LogP contribution < -0.4 is 0 Å². The van der Waals surface area contributed by atoms with Crippen molar-refractivity contribution in [2.75, 3.05) is 13.2 Å². The van der Waals surface area contributed by atoms with E-state index >= 15 is 0 Å². The summed E-state index contributed by atoms with van der Waals surface area (Å²) in [4.78, 5) is 19.9. The van der Waals surface area contributed by atoms with Gasteiger partial charge in [-0.3, -0.25) is 0 Å². The third kappa shape index (κ3) is 10.6. The van der Waals surface area contributed by atoms with E-state index in [-0.39, 0.29) is 19.5 Å². The van der Waals surface area contributed by atoms with E-state index in [1.54, 1.807) is 0 Å². The summed E-state index contributed by atoms with van der Waals surface area (Å²) in [5.74, 6) is -3.30. The summed E-state index contributed by atoms with van der Waals surface area (Å²) in [6, 6.07) is 0. The van der Waals surface area contributed by atoms with E-state index in [0.717, 1.165) is 0 Å². The number of carboxylic acids is 2. The van der Waals surface area contributed by atoms with Crippen molar-refractivity contribution in [3.8, 4) is 0 Å². The van der Waals surface area contributed by atoms with E-state index < -0.39 is 61.8 Å². The Labute approximate surface area is 142 Å². The number of rotatable bonds is 8. The average molecular weight is 398 g/mol. The van der Waals surface area contributed by atoms with Gasteiger partial charge in [-0.2, -0.15) is 0 Å². The number of aliphatic hydroxyl groups excluding tert-OH is 8. The molecule has 0 unspecified atom stereocenters. The smallest absolute Gasteiger partial charge is 0.335 e. The van der Waals surface area contributed by atoms with Gasteiger partial charge in [0.05, 0.1) is 13.2 Å². The molecule has 0 aromatic rings. The van der Waals surface area contributed by atoms with Crippen molar-refractivity contribution in [2.45, 2.75) is 36.6 Å². The quantitative estimate of drug-likeness (QED) is 0.172. The predicted molar refractivity (Wildman–Crippen MR) is 65.5 cm³/mol. The molecule has 6 atom stereocenters. The van der Waals surface area contributed by atoms with Gasteiger partial charge < -0.3 is 51.1 Å². The molecule has 0 saturated heterocycles. The van der Waals surface area contributed by atoms with E-state index in [2.05, 4.69) is 0 Å². The van der Waals surface area contributed by atoms with Crippen LogP contribution in [-0.4, -0.2) is 113 Å². The van der Waals surface area contributed by atoms with Crippen LogP contribution in [0.4, 0.5) is 0 Å². The largest absolute Gasteiger partial charge is 0.479 e. The Morgan fingerprint density at radius 1 is 0.652 bits per heavy atom. The minimum atomic E-state index is -2.07. The van der Waals surface area contributed by atoms with Crippen LogP contribution in [0.2, 0.25) is 0 Å². The fraction of sp³-hybridized carbons (Fsp3) is 0.800. The molecule has 134 valence electrons. The van der Waals surface area contributed by atoms with Gasteiger partial charge in [-0.05, 0) is 0 Å². The zero-order valence-electron chi connectivity index (χ0n) is 11.9. The third-order valence-corrected chi connectivity index (χ3v) is 2.32. The molecule has 0 aliphatic heterocycles. The second-order valence-corrected chi connectivity index (χ2v) is 4.05. The fourth-order valence-electron chi connectivity index (χ4n) is 0.929. The topological polar surface area (TPSA) is 236 Å². The van der Waals surface area contributed by atoms with E-state index in [0.29, 0.717) is 0 Å². The first-order valence-corrected chi connectivity index (χ1v) is 5.76. The van der Waals surface area contributed by atoms with Crippen molar-refractivity contribution in [1.29, 1.82) is 0 Å². The van der Waals surface area contributed by atoms with Crippen LogP contribution in [0.25, 0.3) is 0 Å². The Hall–Kier alpha value is -0.757. The Balaban J connectivity index is -0.000000333. The minimum Gasteiger partial charge on any atom is -0.479 e. The number of aliphatic hydroxyl groups is 8. The Bertz CT molecular complexity index is 308. The molecule has 0 aromatic heterocycles. The van der Waals surface area contributed by atoms with Crippen LogP contribution in [-0.2, 0) is 29.1 Å². The zero-order chi connectivity index (χ0) is 18.0. The van der Waals surface area contributed by atoms with Gasteiger partial charge in [0.15, 0.2) is 12.2 Å². The van der Waals surface area contributed by atoms with E-state index in [9.17, 15) is 9.59 Å². The average Bonchev–Trinajstić information content (AvgIpc) is 2.50. The molecule has 0 heterocycles. The van der Waals surface area contributed by atoms with Crippen LogP contribution in [0.1, 0.15) is 0 Å². The SMILES string of the molecule is O=C(O)[C@H](O)[C@H](O)[C@H](O)CO.O=C(O)[C@H](O)[C@H](O)[C@H](O)CO.[Zn]. The number of carboxylic acid groups (broad SMARTS) is 2. The van der Waals surface area contributed by atoms with E-state index in [4.69, 9.17) is 51.1 Å². The van der Waals surface area contributed by atoms with Crippen molar-refractivity contribution in [2.24, 2.45) is 0 Å². The molecule has 23 heavy (non-hydrogen) atoms. The second kappa shape index (κ2) is 13.7. The van der Waals surface area contributed by atoms with Crippen LogP contribution in [0.3, 0.4) is 0 Å². The standard InChI is InChI=1S/2C5H10O6.Zn/c2*6-1-2(7)3(8)4(9)5(10)11;/h2*2-4,6-9H,1H2,(H,10,11);/t2*2-,3-,4-;/m11./s1. The van der Waals surface area contributed by atoms with Gasteiger partial charge in [0, 0.05) is 19.5 Å². The summed E-state index contributed by atoms with van der Waals surface area (Å²) < 4.78 is 0. The molecule has 0 spiro atoms. The first kappa shape index (κ1) is 27.1. The molecule has 0 radical (unpaired) electrons.